The topological polar surface area (TPSA) is 51.1 Å². The van der Waals surface area contributed by atoms with Crippen molar-refractivity contribution in [1.29, 1.82) is 0 Å². The van der Waals surface area contributed by atoms with Crippen LogP contribution in [0.4, 0.5) is 0 Å². The quantitative estimate of drug-likeness (QED) is 0.771. The minimum absolute atomic E-state index is 0.312. The number of rotatable bonds is 2. The summed E-state index contributed by atoms with van der Waals surface area (Å²) in [4.78, 5) is 4.43. The maximum atomic E-state index is 5.59. The third kappa shape index (κ3) is 4.21. The van der Waals surface area contributed by atoms with E-state index in [9.17, 15) is 0 Å². The van der Waals surface area contributed by atoms with Crippen LogP contribution in [0.1, 0.15) is 56.0 Å². The Labute approximate surface area is 173 Å². The van der Waals surface area contributed by atoms with Gasteiger partial charge < -0.3 is 19.9 Å². The molecule has 29 heavy (non-hydrogen) atoms. The minimum Gasteiger partial charge on any atom is -0.381 e. The first-order chi connectivity index (χ1) is 14.4. The summed E-state index contributed by atoms with van der Waals surface area (Å²) in [6.07, 6.45) is 13.3. The average Bonchev–Trinajstić information content (AvgIpc) is 3.19. The lowest BCUT2D eigenvalue weighted by Gasteiger charge is -2.28. The van der Waals surface area contributed by atoms with Gasteiger partial charge in [0.1, 0.15) is 0 Å². The van der Waals surface area contributed by atoms with E-state index in [-0.39, 0.29) is 0 Å². The van der Waals surface area contributed by atoms with Crippen LogP contribution in [0.25, 0.3) is 10.9 Å². The fourth-order valence-electron chi connectivity index (χ4n) is 5.21. The van der Waals surface area contributed by atoms with E-state index < -0.39 is 0 Å². The molecular formula is C24H32N4O. The summed E-state index contributed by atoms with van der Waals surface area (Å²) in [6.45, 7) is 4.99. The molecule has 0 spiro atoms. The molecule has 154 valence electrons. The number of hydrogen-bond acceptors (Lipinski definition) is 4. The second-order valence-corrected chi connectivity index (χ2v) is 8.77. The lowest BCUT2D eigenvalue weighted by molar-refractivity contribution is 0.0706. The van der Waals surface area contributed by atoms with Crippen LogP contribution >= 0.6 is 0 Å². The lowest BCUT2D eigenvalue weighted by Crippen LogP contribution is -2.36. The number of aromatic nitrogens is 2. The van der Waals surface area contributed by atoms with Gasteiger partial charge in [-0.15, -0.1) is 0 Å². The highest BCUT2D eigenvalue weighted by Crippen LogP contribution is 2.37. The first-order valence-corrected chi connectivity index (χ1v) is 11.4. The second-order valence-electron chi connectivity index (χ2n) is 8.77. The molecule has 0 aliphatic carbocycles. The summed E-state index contributed by atoms with van der Waals surface area (Å²) in [5, 5.41) is 8.46. The van der Waals surface area contributed by atoms with E-state index in [2.05, 4.69) is 44.3 Å². The number of ether oxygens (including phenoxy) is 1. The predicted molar refractivity (Wildman–Crippen MR) is 116 cm³/mol. The van der Waals surface area contributed by atoms with E-state index in [1.807, 2.05) is 12.4 Å². The SMILES string of the molecule is C(#CC1CC(c2cn(C3CCOCC3)c3cnccc23)CCN1)C1CCNCC1. The lowest BCUT2D eigenvalue weighted by atomic mass is 9.86. The third-order valence-electron chi connectivity index (χ3n) is 6.90. The molecule has 5 heteroatoms. The monoisotopic (exact) mass is 392 g/mol. The number of nitrogens with zero attached hydrogens (tertiary/aromatic N) is 2. The molecule has 3 saturated heterocycles. The van der Waals surface area contributed by atoms with Gasteiger partial charge in [0.05, 0.1) is 17.8 Å². The van der Waals surface area contributed by atoms with Crippen molar-refractivity contribution in [3.63, 3.8) is 0 Å². The first-order valence-electron chi connectivity index (χ1n) is 11.4. The van der Waals surface area contributed by atoms with Crippen LogP contribution < -0.4 is 10.6 Å². The molecule has 2 aromatic heterocycles. The Kier molecular flexibility index (Phi) is 5.85. The van der Waals surface area contributed by atoms with Crippen LogP contribution in [0, 0.1) is 17.8 Å². The fraction of sp³-hybridized carbons (Fsp3) is 0.625. The zero-order chi connectivity index (χ0) is 19.5. The molecule has 5 rings (SSSR count). The van der Waals surface area contributed by atoms with E-state index in [0.717, 1.165) is 52.1 Å². The fourth-order valence-corrected chi connectivity index (χ4v) is 5.21. The molecule has 0 bridgehead atoms. The highest BCUT2D eigenvalue weighted by atomic mass is 16.5. The van der Waals surface area contributed by atoms with Crippen molar-refractivity contribution in [2.45, 2.75) is 56.5 Å². The van der Waals surface area contributed by atoms with Crippen molar-refractivity contribution in [1.82, 2.24) is 20.2 Å². The van der Waals surface area contributed by atoms with E-state index in [4.69, 9.17) is 4.74 Å². The Bertz CT molecular complexity index is 883. The molecule has 3 aliphatic rings. The highest BCUT2D eigenvalue weighted by Gasteiger charge is 2.27. The number of fused-ring (bicyclic) bond motifs is 1. The Balaban J connectivity index is 1.38. The van der Waals surface area contributed by atoms with Crippen LogP contribution in [0.5, 0.6) is 0 Å². The van der Waals surface area contributed by atoms with Crippen LogP contribution in [-0.2, 0) is 4.74 Å². The number of piperidine rings is 2. The molecule has 0 radical (unpaired) electrons. The van der Waals surface area contributed by atoms with Crippen molar-refractivity contribution < 1.29 is 4.74 Å². The third-order valence-corrected chi connectivity index (χ3v) is 6.90. The van der Waals surface area contributed by atoms with Gasteiger partial charge in [-0.2, -0.15) is 0 Å². The molecule has 3 aliphatic heterocycles. The van der Waals surface area contributed by atoms with Gasteiger partial charge in [-0.1, -0.05) is 11.8 Å². The van der Waals surface area contributed by atoms with Crippen molar-refractivity contribution in [2.24, 2.45) is 5.92 Å². The Morgan fingerprint density at radius 1 is 1.03 bits per heavy atom. The molecule has 5 nitrogen and oxygen atoms in total. The second kappa shape index (κ2) is 8.87. The summed E-state index contributed by atoms with van der Waals surface area (Å²) in [7, 11) is 0. The zero-order valence-corrected chi connectivity index (χ0v) is 17.2. The summed E-state index contributed by atoms with van der Waals surface area (Å²) >= 11 is 0. The molecule has 0 aromatic carbocycles. The standard InChI is InChI=1S/C24H32N4O/c1(18-3-9-25-10-4-18)2-20-15-19(5-12-27-20)23-17-28(21-7-13-29-14-8-21)24-16-26-11-6-22(23)24/h6,11,16-21,25,27H,3-5,7-10,12-15H2. The van der Waals surface area contributed by atoms with Gasteiger partial charge in [0, 0.05) is 43.0 Å². The predicted octanol–water partition coefficient (Wildman–Crippen LogP) is 3.23. The summed E-state index contributed by atoms with van der Waals surface area (Å²) in [5.74, 6) is 8.29. The highest BCUT2D eigenvalue weighted by molar-refractivity contribution is 5.84. The molecule has 2 N–H and O–H groups in total. The van der Waals surface area contributed by atoms with Gasteiger partial charge in [0.25, 0.3) is 0 Å². The van der Waals surface area contributed by atoms with Gasteiger partial charge in [0.15, 0.2) is 0 Å². The van der Waals surface area contributed by atoms with Gasteiger partial charge in [-0.3, -0.25) is 4.98 Å². The van der Waals surface area contributed by atoms with E-state index in [1.54, 1.807) is 0 Å². The molecule has 5 heterocycles. The van der Waals surface area contributed by atoms with Crippen LogP contribution in [0.2, 0.25) is 0 Å². The Morgan fingerprint density at radius 3 is 2.76 bits per heavy atom. The van der Waals surface area contributed by atoms with Crippen LogP contribution in [0.15, 0.2) is 24.7 Å². The number of hydrogen-bond donors (Lipinski definition) is 2. The molecule has 3 fully saturated rings. The van der Waals surface area contributed by atoms with Crippen molar-refractivity contribution in [3.8, 4) is 11.8 Å². The van der Waals surface area contributed by atoms with Crippen molar-refractivity contribution in [2.75, 3.05) is 32.8 Å². The molecule has 0 amide bonds. The van der Waals surface area contributed by atoms with E-state index in [0.29, 0.717) is 23.9 Å². The van der Waals surface area contributed by atoms with Gasteiger partial charge in [-0.25, -0.2) is 0 Å². The number of nitrogens with one attached hydrogen (secondary N) is 2. The maximum absolute atomic E-state index is 5.59. The molecule has 2 aromatic rings. The maximum Gasteiger partial charge on any atom is 0.0695 e. The van der Waals surface area contributed by atoms with Crippen LogP contribution in [-0.4, -0.2) is 48.4 Å². The van der Waals surface area contributed by atoms with E-state index >= 15 is 0 Å². The van der Waals surface area contributed by atoms with Crippen molar-refractivity contribution >= 4 is 10.9 Å². The Hall–Kier alpha value is -1.87. The first kappa shape index (κ1) is 19.1. The smallest absolute Gasteiger partial charge is 0.0695 e. The van der Waals surface area contributed by atoms with Crippen LogP contribution in [0.3, 0.4) is 0 Å². The van der Waals surface area contributed by atoms with Gasteiger partial charge >= 0.3 is 0 Å². The molecule has 2 atom stereocenters. The minimum atomic E-state index is 0.312. The molecule has 2 unspecified atom stereocenters. The normalized spacial score (nSPS) is 26.9. The Morgan fingerprint density at radius 2 is 1.90 bits per heavy atom. The summed E-state index contributed by atoms with van der Waals surface area (Å²) in [6, 6.07) is 3.05. The average molecular weight is 393 g/mol. The molecular weight excluding hydrogens is 360 g/mol. The van der Waals surface area contributed by atoms with E-state index in [1.165, 1.54) is 35.7 Å². The number of pyridine rings is 1. The van der Waals surface area contributed by atoms with Gasteiger partial charge in [0.2, 0.25) is 0 Å². The van der Waals surface area contributed by atoms with Gasteiger partial charge in [-0.05, 0) is 75.7 Å². The molecule has 0 saturated carbocycles. The van der Waals surface area contributed by atoms with Crippen molar-refractivity contribution in [3.05, 3.63) is 30.2 Å². The zero-order valence-electron chi connectivity index (χ0n) is 17.2. The summed E-state index contributed by atoms with van der Waals surface area (Å²) in [5.41, 5.74) is 2.77. The largest absolute Gasteiger partial charge is 0.381 e. The summed E-state index contributed by atoms with van der Waals surface area (Å²) < 4.78 is 8.08.